The van der Waals surface area contributed by atoms with E-state index in [9.17, 15) is 22.8 Å². The molecule has 0 unspecified atom stereocenters. The maximum Gasteiger partial charge on any atom is 0.310 e. The Kier molecular flexibility index (Phi) is 8.46. The van der Waals surface area contributed by atoms with Gasteiger partial charge in [-0.2, -0.15) is 5.26 Å². The van der Waals surface area contributed by atoms with Gasteiger partial charge in [0.25, 0.3) is 0 Å². The number of hydrogen-bond donors (Lipinski definition) is 1. The molecule has 0 fully saturated rings. The molecule has 7 heteroatoms. The van der Waals surface area contributed by atoms with Crippen molar-refractivity contribution in [1.82, 2.24) is 0 Å². The van der Waals surface area contributed by atoms with Gasteiger partial charge in [-0.3, -0.25) is 9.59 Å². The summed E-state index contributed by atoms with van der Waals surface area (Å²) >= 11 is 0. The lowest BCUT2D eigenvalue weighted by molar-refractivity contribution is -0.139. The number of alkyl halides is 3. The van der Waals surface area contributed by atoms with Crippen molar-refractivity contribution in [2.45, 2.75) is 33.4 Å². The van der Waals surface area contributed by atoms with Crippen molar-refractivity contribution < 1.29 is 27.9 Å². The van der Waals surface area contributed by atoms with Crippen LogP contribution in [0.2, 0.25) is 0 Å². The first-order valence-corrected chi connectivity index (χ1v) is 5.84. The molecule has 0 aliphatic heterocycles. The predicted octanol–water partition coefficient (Wildman–Crippen LogP) is 3.02. The number of hydrogen-bond acceptors (Lipinski definition) is 3. The molecule has 1 rings (SSSR count). The van der Waals surface area contributed by atoms with Crippen LogP contribution in [0.3, 0.4) is 0 Å². The highest BCUT2D eigenvalue weighted by atomic mass is 19.1. The summed E-state index contributed by atoms with van der Waals surface area (Å²) in [6.45, 7) is -1.50. The molecule has 4 nitrogen and oxygen atoms in total. The van der Waals surface area contributed by atoms with E-state index >= 15 is 0 Å². The van der Waals surface area contributed by atoms with Crippen LogP contribution in [0.1, 0.15) is 35.6 Å². The third-order valence-electron chi connectivity index (χ3n) is 2.46. The van der Waals surface area contributed by atoms with Crippen molar-refractivity contribution in [3.63, 3.8) is 0 Å². The second kappa shape index (κ2) is 9.53. The molecule has 1 N–H and O–H groups in total. The van der Waals surface area contributed by atoms with Crippen LogP contribution in [0.15, 0.2) is 12.1 Å². The summed E-state index contributed by atoms with van der Waals surface area (Å²) in [7, 11) is 0. The van der Waals surface area contributed by atoms with Gasteiger partial charge in [-0.25, -0.2) is 13.2 Å². The van der Waals surface area contributed by atoms with Crippen LogP contribution in [0.4, 0.5) is 13.2 Å². The lowest BCUT2D eigenvalue weighted by Gasteiger charge is -2.08. The van der Waals surface area contributed by atoms with Gasteiger partial charge >= 0.3 is 5.97 Å². The molecular formula is C14H14F3NO3. The number of carboxylic acid groups (broad SMARTS) is 1. The largest absolute Gasteiger partial charge is 0.481 e. The zero-order valence-electron chi connectivity index (χ0n) is 11.3. The molecule has 0 saturated heterocycles. The maximum absolute atomic E-state index is 12.5. The number of carbonyl (C=O) groups excluding carboxylic acids is 1. The Hall–Kier alpha value is -2.36. The fraction of sp³-hybridized carbons (Fsp3) is 0.357. The number of carboxylic acids is 1. The van der Waals surface area contributed by atoms with Crippen LogP contribution >= 0.6 is 0 Å². The van der Waals surface area contributed by atoms with Gasteiger partial charge in [0, 0.05) is 5.56 Å². The number of nitriles is 1. The molecule has 0 aliphatic rings. The number of halogens is 3. The first kappa shape index (κ1) is 18.6. The molecule has 0 heterocycles. The van der Waals surface area contributed by atoms with E-state index in [-0.39, 0.29) is 34.5 Å². The van der Waals surface area contributed by atoms with Gasteiger partial charge in [-0.15, -0.1) is 0 Å². The van der Waals surface area contributed by atoms with Gasteiger partial charge in [-0.05, 0) is 24.1 Å². The topological polar surface area (TPSA) is 78.2 Å². The highest BCUT2D eigenvalue weighted by Gasteiger charge is 2.12. The number of rotatable bonds is 5. The Labute approximate surface area is 119 Å². The molecule has 0 amide bonds. The highest BCUT2D eigenvalue weighted by molar-refractivity contribution is 5.93. The summed E-state index contributed by atoms with van der Waals surface area (Å²) < 4.78 is 37.3. The second-order valence-corrected chi connectivity index (χ2v) is 4.01. The van der Waals surface area contributed by atoms with Crippen LogP contribution in [-0.2, 0) is 29.6 Å². The molecule has 0 aromatic heterocycles. The summed E-state index contributed by atoms with van der Waals surface area (Å²) in [5.74, 6) is -1.37. The van der Waals surface area contributed by atoms with Crippen LogP contribution in [0.5, 0.6) is 0 Å². The Morgan fingerprint density at radius 1 is 1.14 bits per heavy atom. The van der Waals surface area contributed by atoms with Crippen molar-refractivity contribution >= 4 is 11.8 Å². The summed E-state index contributed by atoms with van der Waals surface area (Å²) in [4.78, 5) is 19.5. The van der Waals surface area contributed by atoms with E-state index < -0.39 is 26.0 Å². The van der Waals surface area contributed by atoms with Gasteiger partial charge in [0.05, 0.1) is 11.6 Å². The molecule has 1 aromatic rings. The Morgan fingerprint density at radius 2 is 1.71 bits per heavy atom. The highest BCUT2D eigenvalue weighted by Crippen LogP contribution is 2.22. The van der Waals surface area contributed by atoms with Crippen molar-refractivity contribution in [2.24, 2.45) is 0 Å². The summed E-state index contributed by atoms with van der Waals surface area (Å²) in [5, 5.41) is 16.5. The van der Waals surface area contributed by atoms with E-state index in [1.165, 1.54) is 19.1 Å². The van der Waals surface area contributed by atoms with Crippen molar-refractivity contribution in [3.05, 3.63) is 34.4 Å². The first-order chi connectivity index (χ1) is 9.90. The number of carbonyl (C=O) groups is 2. The van der Waals surface area contributed by atoms with E-state index in [1.807, 2.05) is 0 Å². The molecule has 0 saturated carbocycles. The maximum atomic E-state index is 12.5. The number of nitrogens with zero attached hydrogens (tertiary/aromatic N) is 1. The Bertz CT molecular complexity index is 541. The Morgan fingerprint density at radius 3 is 2.00 bits per heavy atom. The zero-order chi connectivity index (χ0) is 16.4. The van der Waals surface area contributed by atoms with E-state index in [0.717, 1.165) is 0 Å². The van der Waals surface area contributed by atoms with Gasteiger partial charge in [0.2, 0.25) is 0 Å². The van der Waals surface area contributed by atoms with Gasteiger partial charge < -0.3 is 5.11 Å². The number of Topliss-reactive ketones (excluding diaryl/α,β-unsaturated/α-hetero) is 1. The van der Waals surface area contributed by atoms with E-state index in [2.05, 4.69) is 0 Å². The standard InChI is InChI=1S/C10H8F3N.C4H6O3/c11-3-7-1-2-8(6-14)10(5-13)9(7)4-12;1-3(5)2-4(6)7/h1-2H,3-5H2;2H2,1H3,(H,6,7). The average Bonchev–Trinajstić information content (AvgIpc) is 2.44. The molecule has 114 valence electrons. The first-order valence-electron chi connectivity index (χ1n) is 5.84. The van der Waals surface area contributed by atoms with E-state index in [4.69, 9.17) is 10.4 Å². The SMILES string of the molecule is CC(=O)CC(=O)O.N#Cc1ccc(CF)c(CF)c1CF. The zero-order valence-corrected chi connectivity index (χ0v) is 11.3. The predicted molar refractivity (Wildman–Crippen MR) is 68.5 cm³/mol. The van der Waals surface area contributed by atoms with Gasteiger partial charge in [-0.1, -0.05) is 6.07 Å². The molecule has 0 aliphatic carbocycles. The minimum atomic E-state index is -1.06. The smallest absolute Gasteiger partial charge is 0.310 e. The molecule has 0 radical (unpaired) electrons. The van der Waals surface area contributed by atoms with Gasteiger partial charge in [0.15, 0.2) is 0 Å². The van der Waals surface area contributed by atoms with Crippen LogP contribution in [0.25, 0.3) is 0 Å². The average molecular weight is 301 g/mol. The quantitative estimate of drug-likeness (QED) is 0.848. The van der Waals surface area contributed by atoms with Crippen LogP contribution in [0, 0.1) is 11.3 Å². The van der Waals surface area contributed by atoms with E-state index in [0.29, 0.717) is 0 Å². The van der Waals surface area contributed by atoms with Crippen LogP contribution < -0.4 is 0 Å². The lowest BCUT2D eigenvalue weighted by atomic mass is 9.98. The molecular weight excluding hydrogens is 287 g/mol. The third kappa shape index (κ3) is 6.08. The minimum Gasteiger partial charge on any atom is -0.481 e. The fourth-order valence-corrected chi connectivity index (χ4v) is 1.50. The molecule has 0 atom stereocenters. The van der Waals surface area contributed by atoms with Crippen molar-refractivity contribution in [2.75, 3.05) is 0 Å². The number of ketones is 1. The normalized spacial score (nSPS) is 9.29. The van der Waals surface area contributed by atoms with Crippen molar-refractivity contribution in [3.8, 4) is 6.07 Å². The summed E-state index contributed by atoms with van der Waals surface area (Å²) in [6.07, 6.45) is -0.361. The number of benzene rings is 1. The van der Waals surface area contributed by atoms with Gasteiger partial charge in [0.1, 0.15) is 32.2 Å². The lowest BCUT2D eigenvalue weighted by Crippen LogP contribution is -2.00. The summed E-state index contributed by atoms with van der Waals surface area (Å²) in [5.41, 5.74) is 0.107. The van der Waals surface area contributed by atoms with E-state index in [1.54, 1.807) is 6.07 Å². The third-order valence-corrected chi connectivity index (χ3v) is 2.46. The monoisotopic (exact) mass is 301 g/mol. The minimum absolute atomic E-state index is 0.0333. The number of aliphatic carboxylic acids is 1. The molecule has 0 spiro atoms. The fourth-order valence-electron chi connectivity index (χ4n) is 1.50. The van der Waals surface area contributed by atoms with Crippen LogP contribution in [-0.4, -0.2) is 16.9 Å². The summed E-state index contributed by atoms with van der Waals surface area (Å²) in [6, 6.07) is 4.36. The second-order valence-electron chi connectivity index (χ2n) is 4.01. The Balaban J connectivity index is 0.000000486. The molecule has 21 heavy (non-hydrogen) atoms. The molecule has 1 aromatic carbocycles. The van der Waals surface area contributed by atoms with Crippen molar-refractivity contribution in [1.29, 1.82) is 5.26 Å². The molecule has 0 bridgehead atoms.